The van der Waals surface area contributed by atoms with E-state index in [1.807, 2.05) is 0 Å². The molecule has 152 valence electrons. The van der Waals surface area contributed by atoms with Gasteiger partial charge in [0.15, 0.2) is 5.69 Å². The Morgan fingerprint density at radius 2 is 2.11 bits per heavy atom. The maximum atomic E-state index is 12.4. The standard InChI is InChI=1S/C19H27N5O4/c25-15-6-2-8-21-17(15)19(28)23-11-16(26)24-9-3-4-13(12-24)10-22-18(27)14-5-1-7-20-14/h2,6,8,13-14,20,25H,1,3-5,7,9-12H2,(H,22,27)(H,23,28). The number of hydrogen-bond acceptors (Lipinski definition) is 6. The Hall–Kier alpha value is -2.68. The van der Waals surface area contributed by atoms with E-state index in [2.05, 4.69) is 20.9 Å². The highest BCUT2D eigenvalue weighted by Crippen LogP contribution is 2.16. The number of nitrogens with one attached hydrogen (secondary N) is 3. The molecule has 0 saturated carbocycles. The number of carbonyl (C=O) groups is 3. The van der Waals surface area contributed by atoms with E-state index in [9.17, 15) is 19.5 Å². The Labute approximate surface area is 163 Å². The number of hydrogen-bond donors (Lipinski definition) is 4. The molecular formula is C19H27N5O4. The van der Waals surface area contributed by atoms with Crippen LogP contribution in [-0.2, 0) is 9.59 Å². The Morgan fingerprint density at radius 1 is 1.25 bits per heavy atom. The molecule has 2 saturated heterocycles. The van der Waals surface area contributed by atoms with Crippen LogP contribution < -0.4 is 16.0 Å². The molecule has 0 radical (unpaired) electrons. The van der Waals surface area contributed by atoms with E-state index in [0.717, 1.165) is 32.2 Å². The summed E-state index contributed by atoms with van der Waals surface area (Å²) in [6.45, 7) is 2.47. The summed E-state index contributed by atoms with van der Waals surface area (Å²) < 4.78 is 0. The van der Waals surface area contributed by atoms with E-state index in [0.29, 0.717) is 19.6 Å². The molecule has 9 nitrogen and oxygen atoms in total. The number of aromatic nitrogens is 1. The summed E-state index contributed by atoms with van der Waals surface area (Å²) in [7, 11) is 0. The van der Waals surface area contributed by atoms with Crippen LogP contribution in [0.4, 0.5) is 0 Å². The number of amides is 3. The van der Waals surface area contributed by atoms with E-state index in [1.165, 1.54) is 18.3 Å². The molecular weight excluding hydrogens is 362 g/mol. The van der Waals surface area contributed by atoms with Gasteiger partial charge in [-0.2, -0.15) is 0 Å². The molecule has 2 aliphatic rings. The zero-order valence-corrected chi connectivity index (χ0v) is 15.8. The molecule has 2 unspecified atom stereocenters. The third kappa shape index (κ3) is 5.19. The predicted molar refractivity (Wildman–Crippen MR) is 102 cm³/mol. The minimum atomic E-state index is -0.587. The molecule has 3 heterocycles. The van der Waals surface area contributed by atoms with Gasteiger partial charge in [-0.1, -0.05) is 0 Å². The minimum Gasteiger partial charge on any atom is -0.505 e. The van der Waals surface area contributed by atoms with Crippen molar-refractivity contribution in [1.82, 2.24) is 25.8 Å². The maximum absolute atomic E-state index is 12.4. The molecule has 0 aromatic carbocycles. The van der Waals surface area contributed by atoms with Crippen molar-refractivity contribution in [3.63, 3.8) is 0 Å². The first-order valence-corrected chi connectivity index (χ1v) is 9.75. The molecule has 2 fully saturated rings. The number of piperidine rings is 1. The third-order valence-electron chi connectivity index (χ3n) is 5.22. The Bertz CT molecular complexity index is 720. The van der Waals surface area contributed by atoms with Crippen molar-refractivity contribution in [3.05, 3.63) is 24.0 Å². The molecule has 2 aliphatic heterocycles. The van der Waals surface area contributed by atoms with Gasteiger partial charge < -0.3 is 26.0 Å². The summed E-state index contributed by atoms with van der Waals surface area (Å²) in [5.41, 5.74) is -0.102. The number of carbonyl (C=O) groups excluding carboxylic acids is 3. The molecule has 1 aromatic heterocycles. The van der Waals surface area contributed by atoms with E-state index >= 15 is 0 Å². The first-order chi connectivity index (χ1) is 13.5. The summed E-state index contributed by atoms with van der Waals surface area (Å²) in [6.07, 6.45) is 5.11. The molecule has 9 heteroatoms. The summed E-state index contributed by atoms with van der Waals surface area (Å²) >= 11 is 0. The Kier molecular flexibility index (Phi) is 6.80. The number of nitrogens with zero attached hydrogens (tertiary/aromatic N) is 2. The first-order valence-electron chi connectivity index (χ1n) is 9.75. The third-order valence-corrected chi connectivity index (χ3v) is 5.22. The second-order valence-electron chi connectivity index (χ2n) is 7.30. The van der Waals surface area contributed by atoms with Gasteiger partial charge in [0.05, 0.1) is 12.6 Å². The molecule has 1 aromatic rings. The average Bonchev–Trinajstić information content (AvgIpc) is 3.25. The van der Waals surface area contributed by atoms with Crippen LogP contribution in [0.5, 0.6) is 5.75 Å². The molecule has 0 bridgehead atoms. The van der Waals surface area contributed by atoms with Crippen LogP contribution in [0.3, 0.4) is 0 Å². The van der Waals surface area contributed by atoms with Gasteiger partial charge in [-0.25, -0.2) is 4.98 Å². The topological polar surface area (TPSA) is 124 Å². The van der Waals surface area contributed by atoms with Crippen LogP contribution in [0.15, 0.2) is 18.3 Å². The summed E-state index contributed by atoms with van der Waals surface area (Å²) in [6, 6.07) is 2.79. The van der Waals surface area contributed by atoms with E-state index in [4.69, 9.17) is 0 Å². The van der Waals surface area contributed by atoms with Crippen LogP contribution in [0.25, 0.3) is 0 Å². The highest BCUT2D eigenvalue weighted by atomic mass is 16.3. The fraction of sp³-hybridized carbons (Fsp3) is 0.579. The minimum absolute atomic E-state index is 0.0309. The van der Waals surface area contributed by atoms with Crippen molar-refractivity contribution in [1.29, 1.82) is 0 Å². The van der Waals surface area contributed by atoms with E-state index in [1.54, 1.807) is 4.90 Å². The second kappa shape index (κ2) is 9.50. The Balaban J connectivity index is 1.43. The molecule has 0 spiro atoms. The van der Waals surface area contributed by atoms with Gasteiger partial charge in [0.2, 0.25) is 11.8 Å². The fourth-order valence-electron chi connectivity index (χ4n) is 3.66. The van der Waals surface area contributed by atoms with Crippen molar-refractivity contribution < 1.29 is 19.5 Å². The van der Waals surface area contributed by atoms with Gasteiger partial charge in [0.1, 0.15) is 5.75 Å². The van der Waals surface area contributed by atoms with Gasteiger partial charge in [0.25, 0.3) is 5.91 Å². The fourth-order valence-corrected chi connectivity index (χ4v) is 3.66. The quantitative estimate of drug-likeness (QED) is 0.526. The number of likely N-dealkylation sites (tertiary alicyclic amines) is 1. The second-order valence-corrected chi connectivity index (χ2v) is 7.30. The van der Waals surface area contributed by atoms with Crippen molar-refractivity contribution in [2.45, 2.75) is 31.7 Å². The number of rotatable bonds is 6. The molecule has 3 rings (SSSR count). The smallest absolute Gasteiger partial charge is 0.274 e. The van der Waals surface area contributed by atoms with Crippen LogP contribution in [-0.4, -0.2) is 71.5 Å². The SMILES string of the molecule is O=C(NCC(=O)N1CCCC(CNC(=O)C2CCCN2)C1)c1ncccc1O. The van der Waals surface area contributed by atoms with Crippen molar-refractivity contribution in [2.75, 3.05) is 32.7 Å². The Morgan fingerprint density at radius 3 is 2.86 bits per heavy atom. The van der Waals surface area contributed by atoms with Gasteiger partial charge in [0, 0.05) is 25.8 Å². The van der Waals surface area contributed by atoms with Crippen LogP contribution in [0, 0.1) is 5.92 Å². The predicted octanol–water partition coefficient (Wildman–Crippen LogP) is -0.376. The number of aromatic hydroxyl groups is 1. The van der Waals surface area contributed by atoms with Gasteiger partial charge in [-0.15, -0.1) is 0 Å². The van der Waals surface area contributed by atoms with E-state index < -0.39 is 5.91 Å². The lowest BCUT2D eigenvalue weighted by atomic mass is 9.97. The van der Waals surface area contributed by atoms with Gasteiger partial charge >= 0.3 is 0 Å². The first kappa shape index (κ1) is 20.1. The monoisotopic (exact) mass is 389 g/mol. The molecule has 2 atom stereocenters. The lowest BCUT2D eigenvalue weighted by Crippen LogP contribution is -2.48. The zero-order chi connectivity index (χ0) is 19.9. The summed E-state index contributed by atoms with van der Waals surface area (Å²) in [4.78, 5) is 42.2. The normalized spacial score (nSPS) is 21.9. The highest BCUT2D eigenvalue weighted by molar-refractivity contribution is 5.96. The zero-order valence-electron chi connectivity index (χ0n) is 15.8. The van der Waals surface area contributed by atoms with Crippen LogP contribution in [0.2, 0.25) is 0 Å². The highest BCUT2D eigenvalue weighted by Gasteiger charge is 2.26. The van der Waals surface area contributed by atoms with Crippen molar-refractivity contribution in [3.8, 4) is 5.75 Å². The average molecular weight is 389 g/mol. The summed E-state index contributed by atoms with van der Waals surface area (Å²) in [5.74, 6) is -0.756. The molecule has 3 amide bonds. The summed E-state index contributed by atoms with van der Waals surface area (Å²) in [5, 5.41) is 18.3. The lowest BCUT2D eigenvalue weighted by Gasteiger charge is -2.33. The lowest BCUT2D eigenvalue weighted by molar-refractivity contribution is -0.131. The largest absolute Gasteiger partial charge is 0.505 e. The van der Waals surface area contributed by atoms with Gasteiger partial charge in [-0.05, 0) is 50.3 Å². The molecule has 4 N–H and O–H groups in total. The maximum Gasteiger partial charge on any atom is 0.274 e. The molecule has 28 heavy (non-hydrogen) atoms. The van der Waals surface area contributed by atoms with Gasteiger partial charge in [-0.3, -0.25) is 14.4 Å². The van der Waals surface area contributed by atoms with Crippen LogP contribution in [0.1, 0.15) is 36.2 Å². The van der Waals surface area contributed by atoms with E-state index in [-0.39, 0.29) is 41.8 Å². The number of pyridine rings is 1. The van der Waals surface area contributed by atoms with Crippen LogP contribution >= 0.6 is 0 Å². The van der Waals surface area contributed by atoms with Crippen molar-refractivity contribution >= 4 is 17.7 Å². The molecule has 0 aliphatic carbocycles. The van der Waals surface area contributed by atoms with Crippen molar-refractivity contribution in [2.24, 2.45) is 5.92 Å².